The van der Waals surface area contributed by atoms with Gasteiger partial charge < -0.3 is 10.2 Å². The van der Waals surface area contributed by atoms with Gasteiger partial charge in [0.15, 0.2) is 0 Å². The maximum Gasteiger partial charge on any atom is 0.238 e. The van der Waals surface area contributed by atoms with E-state index in [0.29, 0.717) is 21.9 Å². The first-order valence-electron chi connectivity index (χ1n) is 7.12. The first kappa shape index (κ1) is 16.2. The van der Waals surface area contributed by atoms with Crippen LogP contribution >= 0.6 is 23.4 Å². The van der Waals surface area contributed by atoms with Gasteiger partial charge in [0.05, 0.1) is 12.4 Å². The summed E-state index contributed by atoms with van der Waals surface area (Å²) >= 11 is 7.63. The molecule has 2 N–H and O–H groups in total. The minimum Gasteiger partial charge on any atom is -0.508 e. The number of carbonyl (C=O) groups is 1. The number of phenolic OH excluding ortho intramolecular Hbond substituents is 1. The number of rotatable bonds is 3. The molecule has 4 nitrogen and oxygen atoms in total. The summed E-state index contributed by atoms with van der Waals surface area (Å²) in [5.41, 5.74) is 1.78. The van der Waals surface area contributed by atoms with Crippen LogP contribution in [0.1, 0.15) is 18.1 Å². The fourth-order valence-electron chi connectivity index (χ4n) is 2.83. The fourth-order valence-corrected chi connectivity index (χ4v) is 4.25. The molecule has 0 saturated carbocycles. The van der Waals surface area contributed by atoms with Crippen molar-refractivity contribution in [1.29, 1.82) is 0 Å². The number of hydrogen-bond acceptors (Lipinski definition) is 4. The third-order valence-electron chi connectivity index (χ3n) is 4.00. The van der Waals surface area contributed by atoms with E-state index < -0.39 is 4.87 Å². The van der Waals surface area contributed by atoms with Gasteiger partial charge in [-0.15, -0.1) is 11.8 Å². The van der Waals surface area contributed by atoms with E-state index in [1.807, 2.05) is 37.3 Å². The van der Waals surface area contributed by atoms with E-state index in [1.165, 1.54) is 17.8 Å². The number of aliphatic hydroxyl groups excluding tert-OH is 1. The highest BCUT2D eigenvalue weighted by Gasteiger charge is 2.46. The van der Waals surface area contributed by atoms with E-state index in [0.717, 1.165) is 5.69 Å². The van der Waals surface area contributed by atoms with Crippen molar-refractivity contribution in [3.63, 3.8) is 0 Å². The number of thioether (sulfide) groups is 1. The van der Waals surface area contributed by atoms with Crippen molar-refractivity contribution < 1.29 is 15.0 Å². The molecule has 1 aliphatic heterocycles. The molecular formula is C17H16ClNO3S. The highest BCUT2D eigenvalue weighted by molar-refractivity contribution is 8.01. The Morgan fingerprint density at radius 1 is 1.30 bits per heavy atom. The number of aliphatic hydroxyl groups is 1. The molecule has 1 aliphatic rings. The van der Waals surface area contributed by atoms with Gasteiger partial charge >= 0.3 is 0 Å². The number of carbonyl (C=O) groups excluding carboxylic acids is 1. The molecule has 1 amide bonds. The van der Waals surface area contributed by atoms with Gasteiger partial charge in [-0.05, 0) is 36.8 Å². The Labute approximate surface area is 143 Å². The molecule has 120 valence electrons. The molecule has 0 radical (unpaired) electrons. The molecule has 6 heteroatoms. The van der Waals surface area contributed by atoms with E-state index in [-0.39, 0.29) is 18.3 Å². The topological polar surface area (TPSA) is 60.8 Å². The van der Waals surface area contributed by atoms with Crippen LogP contribution in [-0.4, -0.2) is 21.9 Å². The predicted octanol–water partition coefficient (Wildman–Crippen LogP) is 3.49. The average molecular weight is 350 g/mol. The van der Waals surface area contributed by atoms with Crippen LogP contribution in [0, 0.1) is 0 Å². The van der Waals surface area contributed by atoms with Crippen LogP contribution in [-0.2, 0) is 16.3 Å². The summed E-state index contributed by atoms with van der Waals surface area (Å²) in [7, 11) is 0. The van der Waals surface area contributed by atoms with E-state index in [4.69, 9.17) is 11.6 Å². The van der Waals surface area contributed by atoms with Crippen LogP contribution in [0.3, 0.4) is 0 Å². The molecule has 2 aromatic rings. The summed E-state index contributed by atoms with van der Waals surface area (Å²) in [5, 5.41) is 20.0. The summed E-state index contributed by atoms with van der Waals surface area (Å²) in [6, 6.07) is 12.4. The monoisotopic (exact) mass is 349 g/mol. The van der Waals surface area contributed by atoms with Gasteiger partial charge in [0, 0.05) is 16.3 Å². The zero-order valence-electron chi connectivity index (χ0n) is 12.5. The summed E-state index contributed by atoms with van der Waals surface area (Å²) < 4.78 is 0. The third-order valence-corrected chi connectivity index (χ3v) is 5.71. The molecule has 0 spiro atoms. The second-order valence-corrected chi connectivity index (χ2v) is 7.23. The number of anilines is 1. The smallest absolute Gasteiger partial charge is 0.238 e. The normalized spacial score (nSPS) is 21.0. The second-order valence-electron chi connectivity index (χ2n) is 5.46. The van der Waals surface area contributed by atoms with Gasteiger partial charge in [-0.3, -0.25) is 9.69 Å². The molecule has 0 aliphatic carbocycles. The molecule has 1 atom stereocenters. The molecule has 0 aromatic heterocycles. The van der Waals surface area contributed by atoms with Crippen LogP contribution in [0.25, 0.3) is 0 Å². The van der Waals surface area contributed by atoms with E-state index in [1.54, 1.807) is 11.0 Å². The molecule has 1 fully saturated rings. The fraction of sp³-hybridized carbons (Fsp3) is 0.235. The number of phenols is 1. The van der Waals surface area contributed by atoms with Crippen LogP contribution in [0.5, 0.6) is 5.75 Å². The van der Waals surface area contributed by atoms with E-state index in [2.05, 4.69) is 0 Å². The average Bonchev–Trinajstić information content (AvgIpc) is 2.86. The van der Waals surface area contributed by atoms with Crippen molar-refractivity contribution in [2.45, 2.75) is 18.4 Å². The van der Waals surface area contributed by atoms with Crippen molar-refractivity contribution in [3.05, 3.63) is 58.6 Å². The van der Waals surface area contributed by atoms with E-state index >= 15 is 0 Å². The van der Waals surface area contributed by atoms with Crippen LogP contribution in [0.15, 0.2) is 42.5 Å². The lowest BCUT2D eigenvalue weighted by molar-refractivity contribution is -0.116. The molecule has 2 aromatic carbocycles. The Morgan fingerprint density at radius 2 is 2.00 bits per heavy atom. The highest BCUT2D eigenvalue weighted by Crippen LogP contribution is 2.50. The Kier molecular flexibility index (Phi) is 4.27. The van der Waals surface area contributed by atoms with Gasteiger partial charge in [-0.25, -0.2) is 0 Å². The summed E-state index contributed by atoms with van der Waals surface area (Å²) in [5.74, 6) is 0.319. The summed E-state index contributed by atoms with van der Waals surface area (Å²) in [6.07, 6.45) is 0. The van der Waals surface area contributed by atoms with E-state index in [9.17, 15) is 15.0 Å². The molecular weight excluding hydrogens is 334 g/mol. The number of nitrogens with zero attached hydrogens (tertiary/aromatic N) is 1. The van der Waals surface area contributed by atoms with Crippen molar-refractivity contribution in [2.24, 2.45) is 0 Å². The van der Waals surface area contributed by atoms with Crippen molar-refractivity contribution in [2.75, 3.05) is 10.7 Å². The zero-order valence-corrected chi connectivity index (χ0v) is 14.1. The molecule has 3 rings (SSSR count). The maximum atomic E-state index is 12.4. The lowest BCUT2D eigenvalue weighted by atomic mass is 10.0. The van der Waals surface area contributed by atoms with Crippen LogP contribution in [0.2, 0.25) is 5.02 Å². The largest absolute Gasteiger partial charge is 0.508 e. The molecule has 1 unspecified atom stereocenters. The Morgan fingerprint density at radius 3 is 2.65 bits per heavy atom. The Hall–Kier alpha value is -1.69. The SMILES string of the molecule is CC1(c2cc(Cl)c(CO)cc2O)SCC(=O)N1c1ccccc1. The molecule has 23 heavy (non-hydrogen) atoms. The van der Waals surface area contributed by atoms with Crippen molar-refractivity contribution >= 4 is 35.0 Å². The molecule has 1 saturated heterocycles. The molecule has 1 heterocycles. The Balaban J connectivity index is 2.13. The van der Waals surface area contributed by atoms with Crippen LogP contribution < -0.4 is 4.90 Å². The maximum absolute atomic E-state index is 12.4. The van der Waals surface area contributed by atoms with Crippen LogP contribution in [0.4, 0.5) is 5.69 Å². The number of para-hydroxylation sites is 1. The predicted molar refractivity (Wildman–Crippen MR) is 92.8 cm³/mol. The van der Waals surface area contributed by atoms with Gasteiger partial charge in [-0.1, -0.05) is 29.8 Å². The quantitative estimate of drug-likeness (QED) is 0.890. The van der Waals surface area contributed by atoms with Crippen molar-refractivity contribution in [1.82, 2.24) is 0 Å². The lowest BCUT2D eigenvalue weighted by Gasteiger charge is -2.35. The zero-order chi connectivity index (χ0) is 16.6. The number of amides is 1. The standard InChI is InChI=1S/C17H16ClNO3S/c1-17(13-8-14(18)11(9-20)7-15(13)21)19(16(22)10-23-17)12-5-3-2-4-6-12/h2-8,20-21H,9-10H2,1H3. The molecule has 0 bridgehead atoms. The van der Waals surface area contributed by atoms with Crippen molar-refractivity contribution in [3.8, 4) is 5.75 Å². The minimum absolute atomic E-state index is 0.0177. The summed E-state index contributed by atoms with van der Waals surface area (Å²) in [4.78, 5) is 13.4. The van der Waals surface area contributed by atoms with Gasteiger partial charge in [0.2, 0.25) is 5.91 Å². The number of benzene rings is 2. The van der Waals surface area contributed by atoms with Gasteiger partial charge in [-0.2, -0.15) is 0 Å². The second kappa shape index (κ2) is 6.07. The summed E-state index contributed by atoms with van der Waals surface area (Å²) in [6.45, 7) is 1.64. The number of aromatic hydroxyl groups is 1. The Bertz CT molecular complexity index is 753. The minimum atomic E-state index is -0.764. The number of halogens is 1. The first-order valence-corrected chi connectivity index (χ1v) is 8.48. The number of hydrogen-bond donors (Lipinski definition) is 2. The first-order chi connectivity index (χ1) is 11.0. The van der Waals surface area contributed by atoms with Gasteiger partial charge in [0.25, 0.3) is 0 Å². The lowest BCUT2D eigenvalue weighted by Crippen LogP contribution is -2.40. The third kappa shape index (κ3) is 2.69. The van der Waals surface area contributed by atoms with Gasteiger partial charge in [0.1, 0.15) is 10.6 Å². The highest BCUT2D eigenvalue weighted by atomic mass is 35.5.